The Morgan fingerprint density at radius 3 is 3.00 bits per heavy atom. The van der Waals surface area contributed by atoms with E-state index in [4.69, 9.17) is 10.8 Å². The number of nitrogens with two attached hydrogens (primary N) is 1. The van der Waals surface area contributed by atoms with Crippen LogP contribution in [0.2, 0.25) is 0 Å². The Labute approximate surface area is 71.2 Å². The highest BCUT2D eigenvalue weighted by molar-refractivity contribution is 4.89. The third-order valence-electron chi connectivity index (χ3n) is 1.69. The number of nitrogens with zero attached hydrogens (tertiary/aromatic N) is 3. The van der Waals surface area contributed by atoms with E-state index in [2.05, 4.69) is 10.3 Å². The molecule has 1 aromatic rings. The number of hydrogen-bond acceptors (Lipinski definition) is 4. The summed E-state index contributed by atoms with van der Waals surface area (Å²) in [6.07, 6.45) is 2.61. The first-order valence-electron chi connectivity index (χ1n) is 4.01. The summed E-state index contributed by atoms with van der Waals surface area (Å²) in [6, 6.07) is 0.109. The first kappa shape index (κ1) is 9.15. The van der Waals surface area contributed by atoms with Gasteiger partial charge in [0.2, 0.25) is 0 Å². The molecule has 0 fully saturated rings. The zero-order chi connectivity index (χ0) is 8.97. The maximum absolute atomic E-state index is 8.70. The molecular weight excluding hydrogens is 156 g/mol. The van der Waals surface area contributed by atoms with E-state index in [0.29, 0.717) is 12.2 Å². The van der Waals surface area contributed by atoms with Gasteiger partial charge in [-0.1, -0.05) is 12.1 Å². The van der Waals surface area contributed by atoms with Crippen LogP contribution in [-0.2, 0) is 13.2 Å². The highest BCUT2D eigenvalue weighted by atomic mass is 16.3. The van der Waals surface area contributed by atoms with Gasteiger partial charge in [-0.05, 0) is 6.42 Å². The van der Waals surface area contributed by atoms with Crippen LogP contribution in [0, 0.1) is 0 Å². The van der Waals surface area contributed by atoms with Gasteiger partial charge in [0.15, 0.2) is 0 Å². The van der Waals surface area contributed by atoms with E-state index in [9.17, 15) is 0 Å². The van der Waals surface area contributed by atoms with Crippen molar-refractivity contribution in [2.24, 2.45) is 5.73 Å². The molecule has 1 aromatic heterocycles. The van der Waals surface area contributed by atoms with Crippen LogP contribution in [0.1, 0.15) is 19.0 Å². The topological polar surface area (TPSA) is 77.0 Å². The molecule has 0 aliphatic rings. The molecule has 1 heterocycles. The van der Waals surface area contributed by atoms with E-state index in [1.54, 1.807) is 10.9 Å². The minimum Gasteiger partial charge on any atom is -0.390 e. The third kappa shape index (κ3) is 2.28. The quantitative estimate of drug-likeness (QED) is 0.639. The summed E-state index contributed by atoms with van der Waals surface area (Å²) in [5.74, 6) is 0. The summed E-state index contributed by atoms with van der Waals surface area (Å²) >= 11 is 0. The molecule has 0 amide bonds. The van der Waals surface area contributed by atoms with Gasteiger partial charge in [0.1, 0.15) is 5.69 Å². The van der Waals surface area contributed by atoms with E-state index in [-0.39, 0.29) is 12.6 Å². The molecule has 0 aliphatic carbocycles. The minimum atomic E-state index is -0.0681. The number of hydrogen-bond donors (Lipinski definition) is 2. The zero-order valence-corrected chi connectivity index (χ0v) is 7.14. The van der Waals surface area contributed by atoms with Gasteiger partial charge < -0.3 is 10.8 Å². The van der Waals surface area contributed by atoms with Crippen molar-refractivity contribution in [3.63, 3.8) is 0 Å². The predicted molar refractivity (Wildman–Crippen MR) is 44.2 cm³/mol. The molecule has 1 rings (SSSR count). The van der Waals surface area contributed by atoms with E-state index >= 15 is 0 Å². The first-order valence-corrected chi connectivity index (χ1v) is 4.01. The van der Waals surface area contributed by atoms with Crippen molar-refractivity contribution in [2.45, 2.75) is 32.5 Å². The molecule has 0 aliphatic heterocycles. The molecule has 0 saturated heterocycles. The van der Waals surface area contributed by atoms with Crippen LogP contribution < -0.4 is 5.73 Å². The Balaban J connectivity index is 2.52. The van der Waals surface area contributed by atoms with Crippen LogP contribution in [-0.4, -0.2) is 26.1 Å². The molecule has 5 heteroatoms. The van der Waals surface area contributed by atoms with Crippen LogP contribution in [0.5, 0.6) is 0 Å². The normalized spacial score (nSPS) is 13.2. The highest BCUT2D eigenvalue weighted by Gasteiger charge is 2.02. The van der Waals surface area contributed by atoms with E-state index in [1.807, 2.05) is 6.92 Å². The second-order valence-electron chi connectivity index (χ2n) is 2.76. The largest absolute Gasteiger partial charge is 0.390 e. The van der Waals surface area contributed by atoms with E-state index in [0.717, 1.165) is 6.42 Å². The van der Waals surface area contributed by atoms with Crippen molar-refractivity contribution in [3.05, 3.63) is 11.9 Å². The smallest absolute Gasteiger partial charge is 0.108 e. The lowest BCUT2D eigenvalue weighted by atomic mass is 10.2. The molecule has 0 saturated carbocycles. The molecule has 3 N–H and O–H groups in total. The molecule has 1 atom stereocenters. The van der Waals surface area contributed by atoms with Gasteiger partial charge >= 0.3 is 0 Å². The van der Waals surface area contributed by atoms with Gasteiger partial charge in [0.25, 0.3) is 0 Å². The predicted octanol–water partition coefficient (Wildman–Crippen LogP) is -0.492. The zero-order valence-electron chi connectivity index (χ0n) is 7.14. The molecule has 5 nitrogen and oxygen atoms in total. The molecule has 1 unspecified atom stereocenters. The van der Waals surface area contributed by atoms with E-state index in [1.165, 1.54) is 0 Å². The fourth-order valence-electron chi connectivity index (χ4n) is 0.870. The van der Waals surface area contributed by atoms with Crippen LogP contribution in [0.25, 0.3) is 0 Å². The van der Waals surface area contributed by atoms with Crippen molar-refractivity contribution >= 4 is 0 Å². The summed E-state index contributed by atoms with van der Waals surface area (Å²) in [6.45, 7) is 2.61. The molecule has 0 bridgehead atoms. The van der Waals surface area contributed by atoms with Gasteiger partial charge in [-0.15, -0.1) is 5.10 Å². The Morgan fingerprint density at radius 2 is 2.50 bits per heavy atom. The lowest BCUT2D eigenvalue weighted by molar-refractivity contribution is 0.276. The van der Waals surface area contributed by atoms with Crippen molar-refractivity contribution in [1.82, 2.24) is 15.0 Å². The fraction of sp³-hybridized carbons (Fsp3) is 0.714. The summed E-state index contributed by atoms with van der Waals surface area (Å²) in [5, 5.41) is 16.2. The molecule has 0 aromatic carbocycles. The average Bonchev–Trinajstić information content (AvgIpc) is 2.52. The summed E-state index contributed by atoms with van der Waals surface area (Å²) in [4.78, 5) is 0. The minimum absolute atomic E-state index is 0.0681. The molecule has 0 spiro atoms. The molecule has 68 valence electrons. The average molecular weight is 170 g/mol. The standard InChI is InChI=1S/C7H14N4O/c1-2-6(8)3-11-4-7(5-12)9-10-11/h4,6,12H,2-3,5,8H2,1H3. The van der Waals surface area contributed by atoms with Crippen molar-refractivity contribution in [3.8, 4) is 0 Å². The maximum Gasteiger partial charge on any atom is 0.108 e. The third-order valence-corrected chi connectivity index (χ3v) is 1.69. The lowest BCUT2D eigenvalue weighted by Gasteiger charge is -2.06. The van der Waals surface area contributed by atoms with Crippen LogP contribution in [0.3, 0.4) is 0 Å². The summed E-state index contributed by atoms with van der Waals surface area (Å²) < 4.78 is 1.65. The Bertz CT molecular complexity index is 235. The van der Waals surface area contributed by atoms with Gasteiger partial charge in [-0.25, -0.2) is 0 Å². The monoisotopic (exact) mass is 170 g/mol. The number of rotatable bonds is 4. The fourth-order valence-corrected chi connectivity index (χ4v) is 0.870. The Hall–Kier alpha value is -0.940. The lowest BCUT2D eigenvalue weighted by Crippen LogP contribution is -2.25. The SMILES string of the molecule is CCC(N)Cn1cc(CO)nn1. The van der Waals surface area contributed by atoms with Gasteiger partial charge in [0.05, 0.1) is 19.3 Å². The summed E-state index contributed by atoms with van der Waals surface area (Å²) in [5.41, 5.74) is 6.29. The molecular formula is C7H14N4O. The Morgan fingerprint density at radius 1 is 1.75 bits per heavy atom. The highest BCUT2D eigenvalue weighted by Crippen LogP contribution is 1.95. The first-order chi connectivity index (χ1) is 5.76. The second-order valence-corrected chi connectivity index (χ2v) is 2.76. The number of aliphatic hydroxyl groups is 1. The van der Waals surface area contributed by atoms with Crippen LogP contribution in [0.15, 0.2) is 6.20 Å². The van der Waals surface area contributed by atoms with Crippen molar-refractivity contribution in [2.75, 3.05) is 0 Å². The second kappa shape index (κ2) is 4.18. The number of aromatic nitrogens is 3. The van der Waals surface area contributed by atoms with Crippen molar-refractivity contribution in [1.29, 1.82) is 0 Å². The Kier molecular flexibility index (Phi) is 3.19. The van der Waals surface area contributed by atoms with Gasteiger partial charge in [-0.3, -0.25) is 4.68 Å². The van der Waals surface area contributed by atoms with Gasteiger partial charge in [0, 0.05) is 6.04 Å². The van der Waals surface area contributed by atoms with Crippen LogP contribution >= 0.6 is 0 Å². The summed E-state index contributed by atoms with van der Waals surface area (Å²) in [7, 11) is 0. The van der Waals surface area contributed by atoms with E-state index < -0.39 is 0 Å². The van der Waals surface area contributed by atoms with Gasteiger partial charge in [-0.2, -0.15) is 0 Å². The molecule has 0 radical (unpaired) electrons. The maximum atomic E-state index is 8.70. The van der Waals surface area contributed by atoms with Crippen LogP contribution in [0.4, 0.5) is 0 Å². The van der Waals surface area contributed by atoms with Crippen molar-refractivity contribution < 1.29 is 5.11 Å². The molecule has 12 heavy (non-hydrogen) atoms. The number of aliphatic hydroxyl groups excluding tert-OH is 1.